The molecule has 3 aliphatic rings. The fourth-order valence-corrected chi connectivity index (χ4v) is 3.90. The van der Waals surface area contributed by atoms with Crippen LogP contribution >= 0.6 is 0 Å². The first-order chi connectivity index (χ1) is 12.6. The Hall–Kier alpha value is -1.85. The van der Waals surface area contributed by atoms with Gasteiger partial charge in [0.15, 0.2) is 5.69 Å². The van der Waals surface area contributed by atoms with E-state index in [0.717, 1.165) is 31.4 Å². The quantitative estimate of drug-likeness (QED) is 0.855. The maximum Gasteiger partial charge on any atom is 0.270 e. The molecule has 0 radical (unpaired) electrons. The summed E-state index contributed by atoms with van der Waals surface area (Å²) in [7, 11) is 0. The fourth-order valence-electron chi connectivity index (χ4n) is 3.90. The van der Waals surface area contributed by atoms with Crippen molar-refractivity contribution in [1.82, 2.24) is 10.5 Å². The molecule has 3 fully saturated rings. The van der Waals surface area contributed by atoms with E-state index in [9.17, 15) is 9.59 Å². The molecule has 0 aromatic carbocycles. The number of nitrogens with two attached hydrogens (primary N) is 1. The number of primary amides is 1. The lowest BCUT2D eigenvalue weighted by Gasteiger charge is -2.27. The molecule has 0 aliphatic heterocycles. The van der Waals surface area contributed by atoms with Crippen molar-refractivity contribution in [3.63, 3.8) is 0 Å². The van der Waals surface area contributed by atoms with E-state index in [1.807, 2.05) is 0 Å². The zero-order valence-corrected chi connectivity index (χ0v) is 15.5. The summed E-state index contributed by atoms with van der Waals surface area (Å²) < 4.78 is 4.90. The first kappa shape index (κ1) is 18.9. The lowest BCUT2D eigenvalue weighted by molar-refractivity contribution is -0.126. The number of nitrogens with one attached hydrogen (secondary N) is 1. The van der Waals surface area contributed by atoms with E-state index < -0.39 is 5.91 Å². The van der Waals surface area contributed by atoms with Crippen LogP contribution in [0.15, 0.2) is 10.6 Å². The Labute approximate surface area is 155 Å². The molecule has 6 heteroatoms. The molecule has 0 unspecified atom stereocenters. The molecular weight excluding hydrogens is 330 g/mol. The number of hydrogen-bond acceptors (Lipinski definition) is 4. The summed E-state index contributed by atoms with van der Waals surface area (Å²) in [6.07, 6.45) is 14.7. The van der Waals surface area contributed by atoms with Gasteiger partial charge in [0.2, 0.25) is 5.91 Å². The molecule has 0 spiro atoms. The highest BCUT2D eigenvalue weighted by atomic mass is 16.5. The van der Waals surface area contributed by atoms with Crippen LogP contribution in [0.5, 0.6) is 0 Å². The SMILES string of the molecule is NC(=O)c1cc(C2CC2)on1.O=C(NC1CCCCC1)C1CCCCC1. The molecule has 3 saturated carbocycles. The van der Waals surface area contributed by atoms with Gasteiger partial charge in [-0.05, 0) is 38.5 Å². The van der Waals surface area contributed by atoms with Crippen molar-refractivity contribution in [2.24, 2.45) is 11.7 Å². The summed E-state index contributed by atoms with van der Waals surface area (Å²) >= 11 is 0. The molecule has 1 aromatic heterocycles. The van der Waals surface area contributed by atoms with Gasteiger partial charge in [-0.2, -0.15) is 0 Å². The van der Waals surface area contributed by atoms with Crippen LogP contribution in [0.4, 0.5) is 0 Å². The minimum Gasteiger partial charge on any atom is -0.364 e. The number of carbonyl (C=O) groups excluding carboxylic acids is 2. The minimum absolute atomic E-state index is 0.229. The Morgan fingerprint density at radius 2 is 1.58 bits per heavy atom. The van der Waals surface area contributed by atoms with Crippen molar-refractivity contribution in [3.05, 3.63) is 17.5 Å². The van der Waals surface area contributed by atoms with Crippen LogP contribution in [0.2, 0.25) is 0 Å². The highest BCUT2D eigenvalue weighted by Gasteiger charge is 2.28. The van der Waals surface area contributed by atoms with Crippen LogP contribution in [-0.4, -0.2) is 23.0 Å². The summed E-state index contributed by atoms with van der Waals surface area (Å²) in [5.41, 5.74) is 5.21. The number of hydrogen-bond donors (Lipinski definition) is 2. The third-order valence-corrected chi connectivity index (χ3v) is 5.69. The van der Waals surface area contributed by atoms with Crippen LogP contribution in [-0.2, 0) is 4.79 Å². The van der Waals surface area contributed by atoms with Gasteiger partial charge in [-0.25, -0.2) is 0 Å². The van der Waals surface area contributed by atoms with Gasteiger partial charge in [-0.1, -0.05) is 43.7 Å². The lowest BCUT2D eigenvalue weighted by Crippen LogP contribution is -2.40. The van der Waals surface area contributed by atoms with Gasteiger partial charge in [-0.15, -0.1) is 0 Å². The van der Waals surface area contributed by atoms with Gasteiger partial charge < -0.3 is 15.6 Å². The topological polar surface area (TPSA) is 98.2 Å². The molecule has 0 atom stereocenters. The van der Waals surface area contributed by atoms with Gasteiger partial charge >= 0.3 is 0 Å². The zero-order valence-electron chi connectivity index (χ0n) is 15.5. The lowest BCUT2D eigenvalue weighted by atomic mass is 9.87. The third kappa shape index (κ3) is 5.58. The molecule has 6 nitrogen and oxygen atoms in total. The van der Waals surface area contributed by atoms with Gasteiger partial charge in [0.25, 0.3) is 5.91 Å². The monoisotopic (exact) mass is 361 g/mol. The van der Waals surface area contributed by atoms with Crippen LogP contribution in [0.3, 0.4) is 0 Å². The standard InChI is InChI=1S/C13H23NO.C7H8N2O2/c15-13(11-7-3-1-4-8-11)14-12-9-5-2-6-10-12;8-7(10)5-3-6(11-9-5)4-1-2-4/h11-12H,1-10H2,(H,14,15);3-4H,1-2H2,(H2,8,10). The van der Waals surface area contributed by atoms with Crippen LogP contribution in [0.25, 0.3) is 0 Å². The summed E-state index contributed by atoms with van der Waals surface area (Å²) in [5.74, 6) is 1.43. The zero-order chi connectivity index (χ0) is 18.4. The average Bonchev–Trinajstić information content (AvgIpc) is 3.40. The van der Waals surface area contributed by atoms with E-state index in [4.69, 9.17) is 10.3 Å². The van der Waals surface area contributed by atoms with Crippen molar-refractivity contribution in [2.45, 2.75) is 89.0 Å². The summed E-state index contributed by atoms with van der Waals surface area (Å²) in [6, 6.07) is 2.12. The molecule has 144 valence electrons. The molecule has 26 heavy (non-hydrogen) atoms. The molecule has 3 aliphatic carbocycles. The smallest absolute Gasteiger partial charge is 0.270 e. The molecule has 4 rings (SSSR count). The summed E-state index contributed by atoms with van der Waals surface area (Å²) in [5, 5.41) is 6.78. The Morgan fingerprint density at radius 1 is 0.962 bits per heavy atom. The van der Waals surface area contributed by atoms with E-state index in [-0.39, 0.29) is 5.69 Å². The van der Waals surface area contributed by atoms with Gasteiger partial charge in [0, 0.05) is 23.9 Å². The molecule has 1 aromatic rings. The normalized spacial score (nSPS) is 21.5. The molecule has 3 N–H and O–H groups in total. The molecule has 0 bridgehead atoms. The van der Waals surface area contributed by atoms with E-state index >= 15 is 0 Å². The van der Waals surface area contributed by atoms with Gasteiger partial charge in [-0.3, -0.25) is 9.59 Å². The van der Waals surface area contributed by atoms with E-state index in [1.165, 1.54) is 51.4 Å². The number of amides is 2. The predicted molar refractivity (Wildman–Crippen MR) is 98.6 cm³/mol. The maximum absolute atomic E-state index is 12.0. The van der Waals surface area contributed by atoms with Crippen molar-refractivity contribution in [1.29, 1.82) is 0 Å². The first-order valence-corrected chi connectivity index (χ1v) is 10.2. The molecule has 0 saturated heterocycles. The van der Waals surface area contributed by atoms with Crippen LogP contribution in [0, 0.1) is 5.92 Å². The van der Waals surface area contributed by atoms with E-state index in [2.05, 4.69) is 10.5 Å². The maximum atomic E-state index is 12.0. The largest absolute Gasteiger partial charge is 0.364 e. The van der Waals surface area contributed by atoms with Crippen molar-refractivity contribution in [3.8, 4) is 0 Å². The highest BCUT2D eigenvalue weighted by molar-refractivity contribution is 5.90. The number of aromatic nitrogens is 1. The van der Waals surface area contributed by atoms with E-state index in [0.29, 0.717) is 23.8 Å². The predicted octanol–water partition coefficient (Wildman–Crippen LogP) is 3.67. The Bertz CT molecular complexity index is 597. The Kier molecular flexibility index (Phi) is 6.69. The average molecular weight is 361 g/mol. The first-order valence-electron chi connectivity index (χ1n) is 10.2. The highest BCUT2D eigenvalue weighted by Crippen LogP contribution is 2.40. The second kappa shape index (κ2) is 9.19. The minimum atomic E-state index is -0.527. The number of carbonyl (C=O) groups is 2. The summed E-state index contributed by atoms with van der Waals surface area (Å²) in [4.78, 5) is 22.5. The molecular formula is C20H31N3O3. The number of nitrogens with zero attached hydrogens (tertiary/aromatic N) is 1. The molecule has 1 heterocycles. The third-order valence-electron chi connectivity index (χ3n) is 5.69. The Balaban J connectivity index is 0.000000158. The molecule has 2 amide bonds. The summed E-state index contributed by atoms with van der Waals surface area (Å²) in [6.45, 7) is 0. The second-order valence-electron chi connectivity index (χ2n) is 7.93. The fraction of sp³-hybridized carbons (Fsp3) is 0.750. The van der Waals surface area contributed by atoms with Crippen molar-refractivity contribution >= 4 is 11.8 Å². The van der Waals surface area contributed by atoms with Crippen LogP contribution in [0.1, 0.15) is 99.2 Å². The van der Waals surface area contributed by atoms with Gasteiger partial charge in [0.1, 0.15) is 5.76 Å². The Morgan fingerprint density at radius 3 is 2.12 bits per heavy atom. The van der Waals surface area contributed by atoms with Crippen molar-refractivity contribution < 1.29 is 14.1 Å². The van der Waals surface area contributed by atoms with Crippen molar-refractivity contribution in [2.75, 3.05) is 0 Å². The second-order valence-corrected chi connectivity index (χ2v) is 7.93. The van der Waals surface area contributed by atoms with E-state index in [1.54, 1.807) is 6.07 Å². The van der Waals surface area contributed by atoms with Gasteiger partial charge in [0.05, 0.1) is 0 Å². The number of rotatable bonds is 4. The van der Waals surface area contributed by atoms with Crippen LogP contribution < -0.4 is 11.1 Å².